The number of hydrogen-bond acceptors (Lipinski definition) is 4. The van der Waals surface area contributed by atoms with Crippen molar-refractivity contribution in [3.05, 3.63) is 53.9 Å². The lowest BCUT2D eigenvalue weighted by Crippen LogP contribution is -2.10. The second kappa shape index (κ2) is 8.91. The van der Waals surface area contributed by atoms with Crippen molar-refractivity contribution >= 4 is 16.8 Å². The number of hydrogen-bond donors (Lipinski definition) is 1. The van der Waals surface area contributed by atoms with Gasteiger partial charge in [-0.15, -0.1) is 0 Å². The van der Waals surface area contributed by atoms with E-state index in [0.29, 0.717) is 23.5 Å². The quantitative estimate of drug-likeness (QED) is 0.548. The minimum absolute atomic E-state index is 0.0387. The van der Waals surface area contributed by atoms with Crippen molar-refractivity contribution in [1.29, 1.82) is 0 Å². The third-order valence-corrected chi connectivity index (χ3v) is 5.05. The molecular formula is C23H28N2O3. The van der Waals surface area contributed by atoms with Crippen molar-refractivity contribution in [3.63, 3.8) is 0 Å². The average molecular weight is 380 g/mol. The van der Waals surface area contributed by atoms with E-state index in [9.17, 15) is 9.90 Å². The molecule has 2 aromatic carbocycles. The van der Waals surface area contributed by atoms with E-state index in [-0.39, 0.29) is 23.9 Å². The Morgan fingerprint density at radius 3 is 2.75 bits per heavy atom. The minimum atomic E-state index is -0.0387. The first kappa shape index (κ1) is 19.9. The number of ether oxygens (including phenoxy) is 1. The van der Waals surface area contributed by atoms with Gasteiger partial charge in [-0.05, 0) is 38.0 Å². The molecule has 0 aliphatic carbocycles. The van der Waals surface area contributed by atoms with Gasteiger partial charge in [0.2, 0.25) is 0 Å². The fraction of sp³-hybridized carbons (Fsp3) is 0.391. The lowest BCUT2D eigenvalue weighted by Gasteiger charge is -2.14. The first-order valence-electron chi connectivity index (χ1n) is 9.84. The first-order chi connectivity index (χ1) is 13.5. The zero-order chi connectivity index (χ0) is 20.1. The molecule has 5 heteroatoms. The number of Topliss-reactive ketones (excluding diaryl/α,β-unsaturated/α-hetero) is 1. The summed E-state index contributed by atoms with van der Waals surface area (Å²) in [5.41, 5.74) is 3.52. The van der Waals surface area contributed by atoms with Crippen molar-refractivity contribution in [2.24, 2.45) is 5.92 Å². The van der Waals surface area contributed by atoms with E-state index in [4.69, 9.17) is 4.74 Å². The third-order valence-electron chi connectivity index (χ3n) is 5.05. The number of benzene rings is 2. The highest BCUT2D eigenvalue weighted by Gasteiger charge is 2.15. The van der Waals surface area contributed by atoms with E-state index in [0.717, 1.165) is 30.4 Å². The van der Waals surface area contributed by atoms with Gasteiger partial charge < -0.3 is 14.4 Å². The summed E-state index contributed by atoms with van der Waals surface area (Å²) >= 11 is 0. The fourth-order valence-corrected chi connectivity index (χ4v) is 3.18. The monoisotopic (exact) mass is 380 g/mol. The number of para-hydroxylation sites is 2. The molecular weight excluding hydrogens is 352 g/mol. The van der Waals surface area contributed by atoms with Crippen LogP contribution in [0, 0.1) is 12.8 Å². The Hall–Kier alpha value is -2.82. The maximum atomic E-state index is 11.9. The molecule has 0 radical (unpaired) electrons. The van der Waals surface area contributed by atoms with E-state index in [1.165, 1.54) is 0 Å². The van der Waals surface area contributed by atoms with Crippen LogP contribution in [0.2, 0.25) is 0 Å². The molecule has 5 nitrogen and oxygen atoms in total. The highest BCUT2D eigenvalue weighted by atomic mass is 16.5. The number of fused-ring (bicyclic) bond motifs is 1. The Labute approximate surface area is 166 Å². The van der Waals surface area contributed by atoms with E-state index in [1.54, 1.807) is 6.07 Å². The number of rotatable bonds is 9. The van der Waals surface area contributed by atoms with E-state index < -0.39 is 0 Å². The molecule has 1 heterocycles. The molecule has 0 bridgehead atoms. The molecule has 0 saturated carbocycles. The van der Waals surface area contributed by atoms with Gasteiger partial charge in [-0.3, -0.25) is 4.79 Å². The molecule has 0 aliphatic heterocycles. The summed E-state index contributed by atoms with van der Waals surface area (Å²) in [6.45, 7) is 7.04. The lowest BCUT2D eigenvalue weighted by molar-refractivity contribution is -0.121. The Morgan fingerprint density at radius 2 is 1.96 bits per heavy atom. The topological polar surface area (TPSA) is 64.4 Å². The molecule has 148 valence electrons. The summed E-state index contributed by atoms with van der Waals surface area (Å²) in [4.78, 5) is 16.3. The Morgan fingerprint density at radius 1 is 1.18 bits per heavy atom. The second-order valence-corrected chi connectivity index (χ2v) is 7.48. The molecule has 1 aromatic heterocycles. The van der Waals surface area contributed by atoms with Gasteiger partial charge in [-0.25, -0.2) is 4.98 Å². The SMILES string of the molecule is Cc1c(OCCCCn2cnc3ccccc32)ccc(CC(=O)C(C)C)c1O. The van der Waals surface area contributed by atoms with Gasteiger partial charge in [0.05, 0.1) is 24.0 Å². The van der Waals surface area contributed by atoms with Gasteiger partial charge in [0, 0.05) is 30.0 Å². The summed E-state index contributed by atoms with van der Waals surface area (Å²) in [5.74, 6) is 0.918. The molecule has 28 heavy (non-hydrogen) atoms. The van der Waals surface area contributed by atoms with Gasteiger partial charge in [0.1, 0.15) is 17.3 Å². The number of aromatic nitrogens is 2. The molecule has 1 N–H and O–H groups in total. The number of nitrogens with zero attached hydrogens (tertiary/aromatic N) is 2. The normalized spacial score (nSPS) is 11.3. The van der Waals surface area contributed by atoms with E-state index in [1.807, 2.05) is 51.4 Å². The van der Waals surface area contributed by atoms with Crippen molar-refractivity contribution in [2.45, 2.75) is 46.6 Å². The molecule has 0 saturated heterocycles. The van der Waals surface area contributed by atoms with Gasteiger partial charge >= 0.3 is 0 Å². The number of aryl methyl sites for hydroxylation is 1. The van der Waals surface area contributed by atoms with E-state index >= 15 is 0 Å². The number of carbonyl (C=O) groups excluding carboxylic acids is 1. The predicted octanol–water partition coefficient (Wildman–Crippen LogP) is 4.68. The number of imidazole rings is 1. The highest BCUT2D eigenvalue weighted by Crippen LogP contribution is 2.31. The van der Waals surface area contributed by atoms with Crippen molar-refractivity contribution in [2.75, 3.05) is 6.61 Å². The molecule has 3 rings (SSSR count). The molecule has 0 aliphatic rings. The van der Waals surface area contributed by atoms with Gasteiger partial charge in [0.25, 0.3) is 0 Å². The van der Waals surface area contributed by atoms with Crippen LogP contribution in [0.4, 0.5) is 0 Å². The van der Waals surface area contributed by atoms with Crippen LogP contribution in [-0.2, 0) is 17.8 Å². The van der Waals surface area contributed by atoms with E-state index in [2.05, 4.69) is 15.6 Å². The molecule has 0 spiro atoms. The summed E-state index contributed by atoms with van der Waals surface area (Å²) in [6, 6.07) is 11.8. The standard InChI is InChI=1S/C23H28N2O3/c1-16(2)21(26)14-18-10-11-22(17(3)23(18)27)28-13-7-6-12-25-15-24-19-8-4-5-9-20(19)25/h4-5,8-11,15-16,27H,6-7,12-14H2,1-3H3. The predicted molar refractivity (Wildman–Crippen MR) is 111 cm³/mol. The maximum Gasteiger partial charge on any atom is 0.139 e. The molecule has 0 atom stereocenters. The molecule has 0 fully saturated rings. The zero-order valence-electron chi connectivity index (χ0n) is 16.8. The van der Waals surface area contributed by atoms with Crippen LogP contribution >= 0.6 is 0 Å². The van der Waals surface area contributed by atoms with Crippen LogP contribution in [0.25, 0.3) is 11.0 Å². The zero-order valence-corrected chi connectivity index (χ0v) is 16.8. The van der Waals surface area contributed by atoms with Crippen LogP contribution in [-0.4, -0.2) is 27.0 Å². The van der Waals surface area contributed by atoms with Gasteiger partial charge in [-0.2, -0.15) is 0 Å². The molecule has 0 amide bonds. The Bertz CT molecular complexity index is 960. The first-order valence-corrected chi connectivity index (χ1v) is 9.84. The Balaban J connectivity index is 1.50. The summed E-state index contributed by atoms with van der Waals surface area (Å²) in [6.07, 6.45) is 4.01. The largest absolute Gasteiger partial charge is 0.507 e. The minimum Gasteiger partial charge on any atom is -0.507 e. The summed E-state index contributed by atoms with van der Waals surface area (Å²) in [7, 11) is 0. The van der Waals surface area contributed by atoms with Crippen LogP contribution in [0.3, 0.4) is 0 Å². The number of aromatic hydroxyl groups is 1. The highest BCUT2D eigenvalue weighted by molar-refractivity contribution is 5.83. The molecule has 3 aromatic rings. The van der Waals surface area contributed by atoms with Gasteiger partial charge in [-0.1, -0.05) is 32.0 Å². The second-order valence-electron chi connectivity index (χ2n) is 7.48. The maximum absolute atomic E-state index is 11.9. The van der Waals surface area contributed by atoms with Crippen LogP contribution < -0.4 is 4.74 Å². The van der Waals surface area contributed by atoms with Gasteiger partial charge in [0.15, 0.2) is 0 Å². The molecule has 0 unspecified atom stereocenters. The fourth-order valence-electron chi connectivity index (χ4n) is 3.18. The summed E-state index contributed by atoms with van der Waals surface area (Å²) in [5, 5.41) is 10.4. The number of phenols is 1. The lowest BCUT2D eigenvalue weighted by atomic mass is 9.98. The van der Waals surface area contributed by atoms with Crippen molar-refractivity contribution in [3.8, 4) is 11.5 Å². The summed E-state index contributed by atoms with van der Waals surface area (Å²) < 4.78 is 8.02. The van der Waals surface area contributed by atoms with Crippen LogP contribution in [0.1, 0.15) is 37.8 Å². The number of carbonyl (C=O) groups is 1. The van der Waals surface area contributed by atoms with Crippen LogP contribution in [0.5, 0.6) is 11.5 Å². The van der Waals surface area contributed by atoms with Crippen molar-refractivity contribution in [1.82, 2.24) is 9.55 Å². The number of phenolic OH excluding ortho intramolecular Hbond substituents is 1. The number of unbranched alkanes of at least 4 members (excludes halogenated alkanes) is 1. The average Bonchev–Trinajstić information content (AvgIpc) is 3.10. The van der Waals surface area contributed by atoms with Crippen LogP contribution in [0.15, 0.2) is 42.7 Å². The Kier molecular flexibility index (Phi) is 6.34. The number of ketones is 1. The van der Waals surface area contributed by atoms with Crippen molar-refractivity contribution < 1.29 is 14.6 Å². The third kappa shape index (κ3) is 4.53. The smallest absolute Gasteiger partial charge is 0.139 e.